The molecule has 1 unspecified atom stereocenters. The lowest BCUT2D eigenvalue weighted by molar-refractivity contribution is -0.149. The van der Waals surface area contributed by atoms with Crippen molar-refractivity contribution in [1.29, 1.82) is 0 Å². The van der Waals surface area contributed by atoms with Crippen molar-refractivity contribution in [1.82, 2.24) is 10.2 Å². The Bertz CT molecular complexity index is 678. The number of carbonyl (C=O) groups excluding carboxylic acids is 1. The number of H-pyrrole nitrogens is 1. The van der Waals surface area contributed by atoms with Crippen molar-refractivity contribution in [3.05, 3.63) is 22.5 Å². The van der Waals surface area contributed by atoms with Crippen LogP contribution in [0.25, 0.3) is 0 Å². The Balaban J connectivity index is 2.06. The van der Waals surface area contributed by atoms with Crippen LogP contribution < -0.4 is 10.3 Å². The topological polar surface area (TPSA) is 90.5 Å². The van der Waals surface area contributed by atoms with Crippen molar-refractivity contribution in [2.75, 3.05) is 13.2 Å². The van der Waals surface area contributed by atoms with E-state index in [-0.39, 0.29) is 34.5 Å². The van der Waals surface area contributed by atoms with E-state index < -0.39 is 8.32 Å². The van der Waals surface area contributed by atoms with Gasteiger partial charge >= 0.3 is 5.97 Å². The largest absolute Gasteiger partial charge is 0.476 e. The summed E-state index contributed by atoms with van der Waals surface area (Å²) in [5.41, 5.74) is -0.282. The van der Waals surface area contributed by atoms with Crippen molar-refractivity contribution in [2.45, 2.75) is 64.8 Å². The lowest BCUT2D eigenvalue weighted by atomic mass is 9.97. The first-order valence-corrected chi connectivity index (χ1v) is 12.5. The number of rotatable bonds is 7. The van der Waals surface area contributed by atoms with Crippen LogP contribution in [0.15, 0.2) is 16.9 Å². The molecule has 1 saturated carbocycles. The van der Waals surface area contributed by atoms with Crippen LogP contribution in [0.4, 0.5) is 0 Å². The Morgan fingerprint density at radius 2 is 2.00 bits per heavy atom. The molecule has 1 heterocycles. The van der Waals surface area contributed by atoms with Gasteiger partial charge in [-0.3, -0.25) is 9.59 Å². The maximum atomic E-state index is 12.4. The molecule has 27 heavy (non-hydrogen) atoms. The summed E-state index contributed by atoms with van der Waals surface area (Å²) in [4.78, 5) is 23.5. The molecule has 0 saturated heterocycles. The highest BCUT2D eigenvalue weighted by molar-refractivity contribution is 6.74. The molecule has 0 radical (unpaired) electrons. The fourth-order valence-electron chi connectivity index (χ4n) is 3.09. The fourth-order valence-corrected chi connectivity index (χ4v) is 4.47. The molecular formula is C19H32N2O5Si. The highest BCUT2D eigenvalue weighted by Gasteiger charge is 2.45. The van der Waals surface area contributed by atoms with Crippen LogP contribution in [0, 0.1) is 11.8 Å². The quantitative estimate of drug-likeness (QED) is 0.562. The third-order valence-corrected chi connectivity index (χ3v) is 10.1. The molecule has 0 amide bonds. The summed E-state index contributed by atoms with van der Waals surface area (Å²) < 4.78 is 17.5. The van der Waals surface area contributed by atoms with Crippen LogP contribution in [0.3, 0.4) is 0 Å². The molecule has 8 heteroatoms. The van der Waals surface area contributed by atoms with Gasteiger partial charge in [0.25, 0.3) is 5.56 Å². The van der Waals surface area contributed by atoms with E-state index in [4.69, 9.17) is 13.9 Å². The van der Waals surface area contributed by atoms with E-state index in [9.17, 15) is 9.59 Å². The Morgan fingerprint density at radius 1 is 1.30 bits per heavy atom. The molecule has 0 spiro atoms. The van der Waals surface area contributed by atoms with Crippen molar-refractivity contribution in [3.8, 4) is 5.88 Å². The number of ether oxygens (including phenoxy) is 2. The second-order valence-corrected chi connectivity index (χ2v) is 13.4. The minimum Gasteiger partial charge on any atom is -0.476 e. The van der Waals surface area contributed by atoms with E-state index >= 15 is 0 Å². The third-order valence-electron chi connectivity index (χ3n) is 5.61. The molecule has 2 rings (SSSR count). The average Bonchev–Trinajstić information content (AvgIpc) is 2.95. The van der Waals surface area contributed by atoms with Gasteiger partial charge in [0.2, 0.25) is 5.88 Å². The summed E-state index contributed by atoms with van der Waals surface area (Å²) in [6.07, 6.45) is 1.43. The second-order valence-electron chi connectivity index (χ2n) is 8.66. The lowest BCUT2D eigenvalue weighted by Gasteiger charge is -2.38. The summed E-state index contributed by atoms with van der Waals surface area (Å²) in [6, 6.07) is 2.89. The predicted molar refractivity (Wildman–Crippen MR) is 105 cm³/mol. The van der Waals surface area contributed by atoms with Crippen LogP contribution in [-0.4, -0.2) is 43.8 Å². The minimum atomic E-state index is -1.92. The summed E-state index contributed by atoms with van der Waals surface area (Å²) in [6.45, 7) is 13.6. The van der Waals surface area contributed by atoms with E-state index in [1.807, 2.05) is 6.92 Å². The lowest BCUT2D eigenvalue weighted by Crippen LogP contribution is -2.43. The molecule has 152 valence electrons. The number of nitrogens with one attached hydrogen (secondary N) is 1. The van der Waals surface area contributed by atoms with Gasteiger partial charge in [-0.15, -0.1) is 5.10 Å². The number of hydrogen-bond acceptors (Lipinski definition) is 6. The first-order valence-electron chi connectivity index (χ1n) is 9.56. The van der Waals surface area contributed by atoms with Crippen molar-refractivity contribution in [2.24, 2.45) is 11.8 Å². The van der Waals surface area contributed by atoms with E-state index in [1.165, 1.54) is 12.1 Å². The molecule has 1 N–H and O–H groups in total. The van der Waals surface area contributed by atoms with Crippen LogP contribution >= 0.6 is 0 Å². The number of esters is 1. The van der Waals surface area contributed by atoms with E-state index in [1.54, 1.807) is 0 Å². The molecular weight excluding hydrogens is 364 g/mol. The van der Waals surface area contributed by atoms with Gasteiger partial charge in [-0.05, 0) is 37.9 Å². The van der Waals surface area contributed by atoms with E-state index in [0.29, 0.717) is 25.5 Å². The van der Waals surface area contributed by atoms with E-state index in [2.05, 4.69) is 44.1 Å². The third kappa shape index (κ3) is 5.65. The normalized spacial score (nSPS) is 23.3. The van der Waals surface area contributed by atoms with Gasteiger partial charge in [0.05, 0.1) is 19.1 Å². The SMILES string of the molecule is CCOC(=O)[C@@H]1CC(O[Si](C)(C)C(C)(C)C)C[C@H]1COc1ccc(=O)[nH]n1. The Hall–Kier alpha value is -1.67. The van der Waals surface area contributed by atoms with Crippen LogP contribution in [0.2, 0.25) is 18.1 Å². The molecule has 0 bridgehead atoms. The summed E-state index contributed by atoms with van der Waals surface area (Å²) >= 11 is 0. The molecule has 1 aliphatic rings. The molecule has 1 aromatic rings. The zero-order valence-electron chi connectivity index (χ0n) is 17.2. The average molecular weight is 397 g/mol. The molecule has 0 aliphatic heterocycles. The smallest absolute Gasteiger partial charge is 0.309 e. The predicted octanol–water partition coefficient (Wildman–Crippen LogP) is 3.13. The zero-order chi connectivity index (χ0) is 20.2. The van der Waals surface area contributed by atoms with E-state index in [0.717, 1.165) is 6.42 Å². The highest BCUT2D eigenvalue weighted by Crippen LogP contribution is 2.42. The van der Waals surface area contributed by atoms with Gasteiger partial charge < -0.3 is 13.9 Å². The number of aromatic nitrogens is 2. The van der Waals surface area contributed by atoms with Gasteiger partial charge in [-0.1, -0.05) is 20.8 Å². The number of aromatic amines is 1. The molecule has 1 aromatic heterocycles. The monoisotopic (exact) mass is 396 g/mol. The molecule has 3 atom stereocenters. The van der Waals surface area contributed by atoms with Gasteiger partial charge in [-0.2, -0.15) is 0 Å². The number of hydrogen-bond donors (Lipinski definition) is 1. The van der Waals surface area contributed by atoms with Crippen molar-refractivity contribution >= 4 is 14.3 Å². The summed E-state index contributed by atoms with van der Waals surface area (Å²) in [5, 5.41) is 6.31. The first-order chi connectivity index (χ1) is 12.5. The first kappa shape index (κ1) is 21.6. The fraction of sp³-hybridized carbons (Fsp3) is 0.737. The zero-order valence-corrected chi connectivity index (χ0v) is 18.2. The Morgan fingerprint density at radius 3 is 2.56 bits per heavy atom. The molecule has 0 aromatic carbocycles. The molecule has 1 aliphatic carbocycles. The van der Waals surface area contributed by atoms with Gasteiger partial charge in [-0.25, -0.2) is 5.10 Å². The number of carbonyl (C=O) groups is 1. The summed E-state index contributed by atoms with van der Waals surface area (Å²) in [7, 11) is -1.92. The Kier molecular flexibility index (Phi) is 6.86. The Labute approximate surface area is 161 Å². The highest BCUT2D eigenvalue weighted by atomic mass is 28.4. The van der Waals surface area contributed by atoms with Gasteiger partial charge in [0.15, 0.2) is 8.32 Å². The van der Waals surface area contributed by atoms with Gasteiger partial charge in [0.1, 0.15) is 0 Å². The van der Waals surface area contributed by atoms with Crippen molar-refractivity contribution in [3.63, 3.8) is 0 Å². The standard InChI is InChI=1S/C19H32N2O5Si/c1-7-24-18(23)15-11-14(26-27(5,6)19(2,3)4)10-13(15)12-25-17-9-8-16(22)20-21-17/h8-9,13-15H,7,10-12H2,1-6H3,(H,20,22)/t13-,14?,15+/m0/s1. The maximum absolute atomic E-state index is 12.4. The van der Waals surface area contributed by atoms with Crippen LogP contribution in [0.1, 0.15) is 40.5 Å². The van der Waals surface area contributed by atoms with Gasteiger partial charge in [0, 0.05) is 24.2 Å². The molecule has 1 fully saturated rings. The van der Waals surface area contributed by atoms with Crippen LogP contribution in [-0.2, 0) is 14.0 Å². The number of nitrogens with zero attached hydrogens (tertiary/aromatic N) is 1. The minimum absolute atomic E-state index is 0.00690. The second kappa shape index (κ2) is 8.56. The maximum Gasteiger partial charge on any atom is 0.309 e. The summed E-state index contributed by atoms with van der Waals surface area (Å²) in [5.74, 6) is -0.108. The van der Waals surface area contributed by atoms with Crippen LogP contribution in [0.5, 0.6) is 5.88 Å². The van der Waals surface area contributed by atoms with Crippen molar-refractivity contribution < 1.29 is 18.7 Å². The molecule has 7 nitrogen and oxygen atoms in total.